The second-order valence-electron chi connectivity index (χ2n) is 4.20. The van der Waals surface area contributed by atoms with Crippen LogP contribution in [0.4, 0.5) is 14.5 Å². The molecule has 0 spiro atoms. The summed E-state index contributed by atoms with van der Waals surface area (Å²) in [5.74, 6) is -2.79. The van der Waals surface area contributed by atoms with Crippen LogP contribution in [0.1, 0.15) is 19.4 Å². The van der Waals surface area contributed by atoms with E-state index in [1.54, 1.807) is 19.9 Å². The van der Waals surface area contributed by atoms with Gasteiger partial charge in [0.2, 0.25) is 5.91 Å². The first-order valence-corrected chi connectivity index (χ1v) is 5.31. The van der Waals surface area contributed by atoms with E-state index in [4.69, 9.17) is 11.0 Å². The molecule has 0 aliphatic carbocycles. The first-order chi connectivity index (χ1) is 8.36. The van der Waals surface area contributed by atoms with Crippen LogP contribution in [0.5, 0.6) is 0 Å². The minimum absolute atomic E-state index is 0.129. The number of amides is 1. The summed E-state index contributed by atoms with van der Waals surface area (Å²) in [5, 5.41) is 11.0. The summed E-state index contributed by atoms with van der Waals surface area (Å²) in [6, 6.07) is 2.53. The molecule has 0 saturated carbocycles. The first kappa shape index (κ1) is 13.9. The van der Waals surface area contributed by atoms with Gasteiger partial charge in [-0.05, 0) is 18.1 Å². The van der Waals surface area contributed by atoms with Gasteiger partial charge in [0.05, 0.1) is 11.6 Å². The number of nitrogens with one attached hydrogen (secondary N) is 1. The van der Waals surface area contributed by atoms with Crippen molar-refractivity contribution < 1.29 is 13.6 Å². The van der Waals surface area contributed by atoms with Crippen LogP contribution in [0.2, 0.25) is 0 Å². The van der Waals surface area contributed by atoms with Gasteiger partial charge in [0.15, 0.2) is 11.6 Å². The van der Waals surface area contributed by atoms with Crippen LogP contribution in [0.3, 0.4) is 0 Å². The number of anilines is 1. The highest BCUT2D eigenvalue weighted by Crippen LogP contribution is 2.22. The minimum Gasteiger partial charge on any atom is -0.369 e. The molecule has 0 aliphatic rings. The zero-order valence-corrected chi connectivity index (χ0v) is 10.00. The number of nitrogens with zero attached hydrogens (tertiary/aromatic N) is 1. The lowest BCUT2D eigenvalue weighted by molar-refractivity contribution is -0.119. The molecular formula is C12H13F2N3O. The number of halogens is 2. The molecule has 1 aromatic rings. The molecule has 1 rings (SSSR count). The fourth-order valence-electron chi connectivity index (χ4n) is 1.50. The van der Waals surface area contributed by atoms with Crippen LogP contribution in [-0.2, 0) is 4.79 Å². The summed E-state index contributed by atoms with van der Waals surface area (Å²) in [7, 11) is 0. The van der Waals surface area contributed by atoms with Crippen molar-refractivity contribution in [2.24, 2.45) is 11.7 Å². The third kappa shape index (κ3) is 2.94. The third-order valence-electron chi connectivity index (χ3n) is 2.44. The highest BCUT2D eigenvalue weighted by Gasteiger charge is 2.22. The Balaban J connectivity index is 3.12. The zero-order valence-electron chi connectivity index (χ0n) is 10.00. The fourth-order valence-corrected chi connectivity index (χ4v) is 1.50. The fraction of sp³-hybridized carbons (Fsp3) is 0.333. The van der Waals surface area contributed by atoms with E-state index in [2.05, 4.69) is 5.32 Å². The summed E-state index contributed by atoms with van der Waals surface area (Å²) >= 11 is 0. The van der Waals surface area contributed by atoms with E-state index in [1.807, 2.05) is 0 Å². The summed E-state index contributed by atoms with van der Waals surface area (Å²) in [4.78, 5) is 11.2. The van der Waals surface area contributed by atoms with Crippen molar-refractivity contribution in [3.05, 3.63) is 29.3 Å². The average Bonchev–Trinajstić information content (AvgIpc) is 2.26. The normalized spacial score (nSPS) is 12.0. The molecule has 0 aromatic heterocycles. The monoisotopic (exact) mass is 253 g/mol. The molecule has 0 fully saturated rings. The molecule has 18 heavy (non-hydrogen) atoms. The summed E-state index contributed by atoms with van der Waals surface area (Å²) < 4.78 is 27.2. The Morgan fingerprint density at radius 3 is 2.22 bits per heavy atom. The molecule has 1 amide bonds. The van der Waals surface area contributed by atoms with Crippen LogP contribution in [0.25, 0.3) is 0 Å². The molecule has 0 radical (unpaired) electrons. The Bertz CT molecular complexity index is 486. The number of hydrogen-bond donors (Lipinski definition) is 2. The van der Waals surface area contributed by atoms with Gasteiger partial charge >= 0.3 is 0 Å². The van der Waals surface area contributed by atoms with E-state index < -0.39 is 29.3 Å². The molecule has 0 bridgehead atoms. The SMILES string of the molecule is CC(C)C(Nc1c(F)cc(C#N)cc1F)C(N)=O. The van der Waals surface area contributed by atoms with Crippen LogP contribution in [-0.4, -0.2) is 11.9 Å². The largest absolute Gasteiger partial charge is 0.369 e. The van der Waals surface area contributed by atoms with Gasteiger partial charge in [0.25, 0.3) is 0 Å². The molecule has 1 unspecified atom stereocenters. The van der Waals surface area contributed by atoms with Crippen molar-refractivity contribution in [3.8, 4) is 6.07 Å². The molecule has 3 N–H and O–H groups in total. The van der Waals surface area contributed by atoms with Crippen molar-refractivity contribution in [2.45, 2.75) is 19.9 Å². The Morgan fingerprint density at radius 2 is 1.89 bits per heavy atom. The zero-order chi connectivity index (χ0) is 13.9. The van der Waals surface area contributed by atoms with Gasteiger partial charge in [0, 0.05) is 0 Å². The number of nitriles is 1. The molecule has 0 heterocycles. The maximum Gasteiger partial charge on any atom is 0.240 e. The van der Waals surface area contributed by atoms with Crippen LogP contribution >= 0.6 is 0 Å². The van der Waals surface area contributed by atoms with E-state index >= 15 is 0 Å². The maximum absolute atomic E-state index is 13.6. The van der Waals surface area contributed by atoms with Crippen LogP contribution in [0.15, 0.2) is 12.1 Å². The summed E-state index contributed by atoms with van der Waals surface area (Å²) in [6.07, 6.45) is 0. The van der Waals surface area contributed by atoms with Gasteiger partial charge in [0.1, 0.15) is 11.7 Å². The van der Waals surface area contributed by atoms with Gasteiger partial charge in [-0.15, -0.1) is 0 Å². The Labute approximate surface area is 103 Å². The molecule has 4 nitrogen and oxygen atoms in total. The lowest BCUT2D eigenvalue weighted by atomic mass is 10.0. The van der Waals surface area contributed by atoms with Crippen molar-refractivity contribution in [1.82, 2.24) is 0 Å². The van der Waals surface area contributed by atoms with Crippen LogP contribution < -0.4 is 11.1 Å². The molecular weight excluding hydrogens is 240 g/mol. The highest BCUT2D eigenvalue weighted by molar-refractivity contribution is 5.83. The van der Waals surface area contributed by atoms with E-state index in [1.165, 1.54) is 0 Å². The standard InChI is InChI=1S/C12H13F2N3O/c1-6(2)10(12(16)18)17-11-8(13)3-7(5-15)4-9(11)14/h3-4,6,10,17H,1-2H3,(H2,16,18). The van der Waals surface area contributed by atoms with Crippen molar-refractivity contribution in [2.75, 3.05) is 5.32 Å². The van der Waals surface area contributed by atoms with Crippen molar-refractivity contribution >= 4 is 11.6 Å². The predicted molar refractivity (Wildman–Crippen MR) is 62.5 cm³/mol. The maximum atomic E-state index is 13.6. The molecule has 0 aliphatic heterocycles. The Morgan fingerprint density at radius 1 is 1.39 bits per heavy atom. The van der Waals surface area contributed by atoms with Gasteiger partial charge in [-0.25, -0.2) is 8.78 Å². The number of hydrogen-bond acceptors (Lipinski definition) is 3. The minimum atomic E-state index is -0.932. The lowest BCUT2D eigenvalue weighted by Gasteiger charge is -2.20. The molecule has 1 atom stereocenters. The Kier molecular flexibility index (Phi) is 4.21. The predicted octanol–water partition coefficient (Wildman–Crippen LogP) is 1.76. The molecule has 6 heteroatoms. The number of nitrogens with two attached hydrogens (primary N) is 1. The molecule has 1 aromatic carbocycles. The van der Waals surface area contributed by atoms with Gasteiger partial charge < -0.3 is 11.1 Å². The van der Waals surface area contributed by atoms with Crippen molar-refractivity contribution in [3.63, 3.8) is 0 Å². The summed E-state index contributed by atoms with van der Waals surface area (Å²) in [6.45, 7) is 3.39. The van der Waals surface area contributed by atoms with E-state index in [-0.39, 0.29) is 11.5 Å². The number of carbonyl (C=O) groups excluding carboxylic acids is 1. The topological polar surface area (TPSA) is 78.9 Å². The number of primary amides is 1. The first-order valence-electron chi connectivity index (χ1n) is 5.31. The van der Waals surface area contributed by atoms with Gasteiger partial charge in [-0.1, -0.05) is 13.8 Å². The number of benzene rings is 1. The third-order valence-corrected chi connectivity index (χ3v) is 2.44. The average molecular weight is 253 g/mol. The quantitative estimate of drug-likeness (QED) is 0.858. The molecule has 96 valence electrons. The van der Waals surface area contributed by atoms with Crippen LogP contribution in [0, 0.1) is 28.9 Å². The van der Waals surface area contributed by atoms with E-state index in [0.717, 1.165) is 12.1 Å². The second kappa shape index (κ2) is 5.45. The second-order valence-corrected chi connectivity index (χ2v) is 4.20. The van der Waals surface area contributed by atoms with E-state index in [9.17, 15) is 13.6 Å². The smallest absolute Gasteiger partial charge is 0.240 e. The van der Waals surface area contributed by atoms with E-state index in [0.29, 0.717) is 0 Å². The summed E-state index contributed by atoms with van der Waals surface area (Å²) in [5.41, 5.74) is 4.56. The number of rotatable bonds is 4. The highest BCUT2D eigenvalue weighted by atomic mass is 19.1. The van der Waals surface area contributed by atoms with Crippen molar-refractivity contribution in [1.29, 1.82) is 5.26 Å². The molecule has 0 saturated heterocycles. The van der Waals surface area contributed by atoms with Gasteiger partial charge in [-0.2, -0.15) is 5.26 Å². The number of carbonyl (C=O) groups is 1. The van der Waals surface area contributed by atoms with Gasteiger partial charge in [-0.3, -0.25) is 4.79 Å². The lowest BCUT2D eigenvalue weighted by Crippen LogP contribution is -2.40. The Hall–Kier alpha value is -2.16.